The molecule has 0 saturated carbocycles. The molecule has 0 saturated heterocycles. The van der Waals surface area contributed by atoms with Gasteiger partial charge in [0.1, 0.15) is 16.5 Å². The number of benzene rings is 1. The summed E-state index contributed by atoms with van der Waals surface area (Å²) in [6.07, 6.45) is -0.0755. The van der Waals surface area contributed by atoms with Gasteiger partial charge in [0.25, 0.3) is 5.91 Å². The Morgan fingerprint density at radius 2 is 1.96 bits per heavy atom. The molecular weight excluding hydrogens is 340 g/mol. The molecule has 1 N–H and O–H groups in total. The molecule has 0 radical (unpaired) electrons. The molecule has 6 nitrogen and oxygen atoms in total. The van der Waals surface area contributed by atoms with Crippen molar-refractivity contribution >= 4 is 23.2 Å². The van der Waals surface area contributed by atoms with E-state index in [-0.39, 0.29) is 24.8 Å². The summed E-state index contributed by atoms with van der Waals surface area (Å²) in [7, 11) is 1.61. The van der Waals surface area contributed by atoms with Gasteiger partial charge in [0.15, 0.2) is 0 Å². The van der Waals surface area contributed by atoms with E-state index in [9.17, 15) is 9.59 Å². The Morgan fingerprint density at radius 1 is 1.28 bits per heavy atom. The number of carbonyl (C=O) groups is 2. The van der Waals surface area contributed by atoms with Crippen LogP contribution in [0.25, 0.3) is 10.6 Å². The van der Waals surface area contributed by atoms with Gasteiger partial charge in [0.2, 0.25) is 0 Å². The number of thiazole rings is 1. The number of carboxylic acid groups (broad SMARTS) is 1. The fourth-order valence-corrected chi connectivity index (χ4v) is 3.15. The van der Waals surface area contributed by atoms with E-state index in [1.165, 1.54) is 11.3 Å². The molecule has 1 aromatic heterocycles. The number of carboxylic acids is 1. The Kier molecular flexibility index (Phi) is 6.52. The number of nitrogens with zero attached hydrogens (tertiary/aromatic N) is 2. The van der Waals surface area contributed by atoms with Crippen LogP contribution in [-0.4, -0.2) is 47.1 Å². The molecule has 1 amide bonds. The molecule has 25 heavy (non-hydrogen) atoms. The average Bonchev–Trinajstić information content (AvgIpc) is 3.07. The average molecular weight is 362 g/mol. The van der Waals surface area contributed by atoms with Crippen molar-refractivity contribution in [2.24, 2.45) is 5.92 Å². The lowest BCUT2D eigenvalue weighted by molar-refractivity contribution is -0.137. The number of aliphatic carboxylic acids is 1. The largest absolute Gasteiger partial charge is 0.497 e. The van der Waals surface area contributed by atoms with E-state index in [2.05, 4.69) is 4.98 Å². The van der Waals surface area contributed by atoms with Gasteiger partial charge in [-0.05, 0) is 30.2 Å². The van der Waals surface area contributed by atoms with Crippen molar-refractivity contribution < 1.29 is 19.4 Å². The topological polar surface area (TPSA) is 79.7 Å². The fraction of sp³-hybridized carbons (Fsp3) is 0.389. The number of carbonyl (C=O) groups excluding carboxylic acids is 1. The molecule has 0 aliphatic carbocycles. The lowest BCUT2D eigenvalue weighted by Gasteiger charge is -2.23. The summed E-state index contributed by atoms with van der Waals surface area (Å²) in [6, 6.07) is 7.47. The summed E-state index contributed by atoms with van der Waals surface area (Å²) in [5.74, 6) is -0.143. The van der Waals surface area contributed by atoms with Gasteiger partial charge in [-0.2, -0.15) is 0 Å². The third-order valence-corrected chi connectivity index (χ3v) is 4.42. The normalized spacial score (nSPS) is 10.7. The third kappa shape index (κ3) is 5.29. The maximum Gasteiger partial charge on any atom is 0.305 e. The zero-order chi connectivity index (χ0) is 18.4. The second-order valence-electron chi connectivity index (χ2n) is 6.06. The number of hydrogen-bond acceptors (Lipinski definition) is 5. The maximum absolute atomic E-state index is 12.7. The second-order valence-corrected chi connectivity index (χ2v) is 6.91. The predicted molar refractivity (Wildman–Crippen MR) is 97.1 cm³/mol. The Balaban J connectivity index is 2.16. The van der Waals surface area contributed by atoms with Crippen molar-refractivity contribution in [1.29, 1.82) is 0 Å². The highest BCUT2D eigenvalue weighted by Crippen LogP contribution is 2.26. The van der Waals surface area contributed by atoms with Crippen LogP contribution in [0.1, 0.15) is 30.8 Å². The molecule has 0 unspecified atom stereocenters. The van der Waals surface area contributed by atoms with Gasteiger partial charge in [-0.15, -0.1) is 11.3 Å². The summed E-state index contributed by atoms with van der Waals surface area (Å²) in [6.45, 7) is 4.67. The van der Waals surface area contributed by atoms with Gasteiger partial charge in [0, 0.05) is 24.0 Å². The Bertz CT molecular complexity index is 725. The number of aromatic nitrogens is 1. The van der Waals surface area contributed by atoms with Crippen LogP contribution in [0, 0.1) is 5.92 Å². The molecule has 1 aromatic carbocycles. The highest BCUT2D eigenvalue weighted by atomic mass is 32.1. The van der Waals surface area contributed by atoms with Crippen LogP contribution in [0.3, 0.4) is 0 Å². The number of ether oxygens (including phenoxy) is 1. The highest BCUT2D eigenvalue weighted by Gasteiger charge is 2.20. The van der Waals surface area contributed by atoms with Crippen molar-refractivity contribution in [2.45, 2.75) is 20.3 Å². The van der Waals surface area contributed by atoms with E-state index in [0.717, 1.165) is 16.3 Å². The van der Waals surface area contributed by atoms with Gasteiger partial charge < -0.3 is 14.7 Å². The van der Waals surface area contributed by atoms with Crippen molar-refractivity contribution in [2.75, 3.05) is 20.2 Å². The minimum atomic E-state index is -0.918. The first kappa shape index (κ1) is 18.9. The molecule has 0 atom stereocenters. The quantitative estimate of drug-likeness (QED) is 0.778. The lowest BCUT2D eigenvalue weighted by atomic mass is 10.2. The lowest BCUT2D eigenvalue weighted by Crippen LogP contribution is -2.36. The highest BCUT2D eigenvalue weighted by molar-refractivity contribution is 7.13. The minimum Gasteiger partial charge on any atom is -0.497 e. The Labute approximate surface area is 151 Å². The van der Waals surface area contributed by atoms with Gasteiger partial charge in [-0.25, -0.2) is 4.98 Å². The SMILES string of the molecule is COc1ccc(-c2nc(C(=O)N(CCC(=O)O)CC(C)C)cs2)cc1. The van der Waals surface area contributed by atoms with Crippen LogP contribution < -0.4 is 4.74 Å². The molecular formula is C18H22N2O4S. The summed E-state index contributed by atoms with van der Waals surface area (Å²) >= 11 is 1.39. The van der Waals surface area contributed by atoms with E-state index >= 15 is 0 Å². The van der Waals surface area contributed by atoms with Crippen LogP contribution >= 0.6 is 11.3 Å². The second kappa shape index (κ2) is 8.62. The van der Waals surface area contributed by atoms with Crippen molar-refractivity contribution in [3.05, 3.63) is 35.3 Å². The van der Waals surface area contributed by atoms with Gasteiger partial charge >= 0.3 is 5.97 Å². The molecule has 0 bridgehead atoms. The summed E-state index contributed by atoms with van der Waals surface area (Å²) in [5.41, 5.74) is 1.26. The van der Waals surface area contributed by atoms with E-state index in [1.807, 2.05) is 38.1 Å². The molecule has 0 aliphatic rings. The van der Waals surface area contributed by atoms with E-state index < -0.39 is 5.97 Å². The third-order valence-electron chi connectivity index (χ3n) is 3.53. The molecule has 0 aliphatic heterocycles. The zero-order valence-corrected chi connectivity index (χ0v) is 15.4. The summed E-state index contributed by atoms with van der Waals surface area (Å²) in [4.78, 5) is 29.5. The molecule has 0 spiro atoms. The van der Waals surface area contributed by atoms with Crippen molar-refractivity contribution in [1.82, 2.24) is 9.88 Å². The van der Waals surface area contributed by atoms with Crippen LogP contribution in [-0.2, 0) is 4.79 Å². The van der Waals surface area contributed by atoms with E-state index in [1.54, 1.807) is 17.4 Å². The molecule has 2 aromatic rings. The zero-order valence-electron chi connectivity index (χ0n) is 14.6. The fourth-order valence-electron chi connectivity index (χ4n) is 2.35. The molecule has 0 fully saturated rings. The van der Waals surface area contributed by atoms with Gasteiger partial charge in [-0.3, -0.25) is 9.59 Å². The number of rotatable bonds is 8. The van der Waals surface area contributed by atoms with Crippen molar-refractivity contribution in [3.63, 3.8) is 0 Å². The van der Waals surface area contributed by atoms with E-state index in [0.29, 0.717) is 12.2 Å². The molecule has 7 heteroatoms. The predicted octanol–water partition coefficient (Wildman–Crippen LogP) is 3.39. The van der Waals surface area contributed by atoms with Crippen LogP contribution in [0.15, 0.2) is 29.6 Å². The van der Waals surface area contributed by atoms with Crippen LogP contribution in [0.4, 0.5) is 0 Å². The number of methoxy groups -OCH3 is 1. The Hall–Kier alpha value is -2.41. The monoisotopic (exact) mass is 362 g/mol. The summed E-state index contributed by atoms with van der Waals surface area (Å²) < 4.78 is 5.14. The minimum absolute atomic E-state index is 0.0755. The first-order valence-corrected chi connectivity index (χ1v) is 8.89. The van der Waals surface area contributed by atoms with Gasteiger partial charge in [-0.1, -0.05) is 13.8 Å². The molecule has 134 valence electrons. The first-order chi connectivity index (χ1) is 11.9. The van der Waals surface area contributed by atoms with Crippen LogP contribution in [0.2, 0.25) is 0 Å². The Morgan fingerprint density at radius 3 is 2.52 bits per heavy atom. The van der Waals surface area contributed by atoms with Crippen molar-refractivity contribution in [3.8, 4) is 16.3 Å². The van der Waals surface area contributed by atoms with E-state index in [4.69, 9.17) is 9.84 Å². The molecule has 1 heterocycles. The standard InChI is InChI=1S/C18H22N2O4S/c1-12(2)10-20(9-8-16(21)22)18(23)15-11-25-17(19-15)13-4-6-14(24-3)7-5-13/h4-7,11-12H,8-10H2,1-3H3,(H,21,22). The number of amides is 1. The smallest absolute Gasteiger partial charge is 0.305 e. The molecule has 2 rings (SSSR count). The van der Waals surface area contributed by atoms with Gasteiger partial charge in [0.05, 0.1) is 13.5 Å². The number of hydrogen-bond donors (Lipinski definition) is 1. The van der Waals surface area contributed by atoms with Crippen LogP contribution in [0.5, 0.6) is 5.75 Å². The summed E-state index contributed by atoms with van der Waals surface area (Å²) in [5, 5.41) is 11.3. The first-order valence-electron chi connectivity index (χ1n) is 8.01. The maximum atomic E-state index is 12.7.